The highest BCUT2D eigenvalue weighted by Gasteiger charge is 2.20. The standard InChI is InChI=1S/C15H13N3O2S.2C11H11NO2S.2C6H7N.C5H6ClNO2S.C5H7N.C4H4ClNO2S.12C2H6.ClHO3S/c19-21(20,17-13-7-2-1-3-8-13)15-10-6-12-18(15)14-9-4-5-11-16-14;2*13-15(14,11-7-4-8-12-11)9-10-5-2-1-3-6-10;1-6-4-2-3-5-7-6;7-6-4-2-1-3-5-6;1-7-4-2-3-5(7)10(6,8)9;1-6-4-2-3-5-6;5-9(7,8)4-2-1-3-6-4;12*1-2;1-4-5(2)3/h1-12,17H;2*1-8,12H,9H2;2-5H,1H3;1-5H,7H2;2-4H,1H3;2-5H,1H3;1-3,6H;12*1-2H3;(H,2,3)/p-1. The van der Waals surface area contributed by atoms with Gasteiger partial charge in [0.15, 0.2) is 29.7 Å². The van der Waals surface area contributed by atoms with E-state index < -0.39 is 59.2 Å². The second-order valence-electron chi connectivity index (χ2n) is 18.8. The van der Waals surface area contributed by atoms with Crippen LogP contribution >= 0.6 is 33.2 Å². The molecule has 1 unspecified atom stereocenters. The molecule has 672 valence electrons. The van der Waals surface area contributed by atoms with Gasteiger partial charge in [0.25, 0.3) is 28.1 Å². The molecule has 119 heavy (non-hydrogen) atoms. The van der Waals surface area contributed by atoms with Crippen molar-refractivity contribution < 1.29 is 54.6 Å². The Morgan fingerprint density at radius 2 is 0.739 bits per heavy atom. The van der Waals surface area contributed by atoms with Crippen LogP contribution in [0.3, 0.4) is 0 Å². The van der Waals surface area contributed by atoms with E-state index in [0.29, 0.717) is 11.5 Å². The van der Waals surface area contributed by atoms with Gasteiger partial charge in [-0.25, -0.2) is 42.9 Å². The lowest BCUT2D eigenvalue weighted by atomic mass is 10.2. The van der Waals surface area contributed by atoms with Gasteiger partial charge >= 0.3 is 0 Å². The average Bonchev–Trinajstić information content (AvgIpc) is 1.62. The Hall–Kier alpha value is -8.85. The Morgan fingerprint density at radius 3 is 0.983 bits per heavy atom. The first-order valence-corrected chi connectivity index (χ1v) is 50.1. The summed E-state index contributed by atoms with van der Waals surface area (Å²) in [5.41, 5.74) is 9.37. The second kappa shape index (κ2) is 85.6. The lowest BCUT2D eigenvalue weighted by Crippen LogP contribution is -2.16. The number of sulfone groups is 2. The van der Waals surface area contributed by atoms with Crippen molar-refractivity contribution in [3.63, 3.8) is 0 Å². The fourth-order valence-electron chi connectivity index (χ4n) is 7.23. The molecule has 12 aromatic rings. The number of hydrogen-bond acceptors (Lipinski definition) is 16. The molecule has 0 spiro atoms. The molecule has 4 aromatic carbocycles. The summed E-state index contributed by atoms with van der Waals surface area (Å²) >= 11 is 1.67. The SMILES string of the molecule is CC.CC.CC.CC.CC.CC.CC.CC.CC.CC.CC.CC.Cc1ccccn1.Cn1cccc1.Cn1cccc1S(=O)(=O)Cl.Nc1ccccc1.O=S(=O)(Cc1ccccc1)c1ccc[nH]1.O=S(=O)(Cc1ccccc1)c1ccc[nH]1.O=S(=O)(Cl)c1ccc[nH]1.O=S(=O)(Nc1ccccc1)c1cccn1-c1ccccn1.O=S([O-])OCl. The van der Waals surface area contributed by atoms with Crippen LogP contribution in [0.4, 0.5) is 11.4 Å². The molecule has 8 heterocycles. The van der Waals surface area contributed by atoms with E-state index in [2.05, 4.69) is 45.2 Å². The summed E-state index contributed by atoms with van der Waals surface area (Å²) in [6, 6.07) is 67.5. The van der Waals surface area contributed by atoms with Crippen LogP contribution in [0.2, 0.25) is 0 Å². The zero-order valence-electron chi connectivity index (χ0n) is 74.8. The summed E-state index contributed by atoms with van der Waals surface area (Å²) < 4.78 is 143. The molecular formula is C87H138Cl3N10O13S6-. The number of sulfonamides is 1. The first kappa shape index (κ1) is 128. The highest BCUT2D eigenvalue weighted by molar-refractivity contribution is 8.14. The summed E-state index contributed by atoms with van der Waals surface area (Å²) in [6.07, 6.45) is 15.4. The highest BCUT2D eigenvalue weighted by atomic mass is 35.7. The Kier molecular flexibility index (Phi) is 92.2. The van der Waals surface area contributed by atoms with Crippen molar-refractivity contribution >= 4 is 104 Å². The van der Waals surface area contributed by atoms with Crippen molar-refractivity contribution in [1.29, 1.82) is 0 Å². The van der Waals surface area contributed by atoms with E-state index in [9.17, 15) is 42.1 Å². The van der Waals surface area contributed by atoms with Crippen LogP contribution in [-0.2, 0) is 88.5 Å². The van der Waals surface area contributed by atoms with Crippen LogP contribution in [0.25, 0.3) is 5.82 Å². The summed E-state index contributed by atoms with van der Waals surface area (Å²) in [7, 11) is -3.61. The molecule has 0 bridgehead atoms. The van der Waals surface area contributed by atoms with Crippen molar-refractivity contribution in [1.82, 2.24) is 38.6 Å². The maximum absolute atomic E-state index is 12.5. The third-order valence-corrected chi connectivity index (χ3v) is 19.3. The van der Waals surface area contributed by atoms with Gasteiger partial charge in [-0.05, 0) is 139 Å². The molecular weight excluding hydrogens is 1690 g/mol. The maximum atomic E-state index is 12.5. The number of nitrogen functional groups attached to an aromatic ring is 1. The minimum absolute atomic E-state index is 0.0316. The molecule has 0 saturated heterocycles. The van der Waals surface area contributed by atoms with Crippen LogP contribution < -0.4 is 10.5 Å². The van der Waals surface area contributed by atoms with E-state index in [1.165, 1.54) is 27.5 Å². The maximum Gasteiger partial charge on any atom is 0.277 e. The molecule has 0 aliphatic rings. The smallest absolute Gasteiger partial charge is 0.277 e. The van der Waals surface area contributed by atoms with E-state index in [0.717, 1.165) is 22.5 Å². The molecule has 0 radical (unpaired) electrons. The molecule has 0 amide bonds. The third kappa shape index (κ3) is 65.7. The predicted molar refractivity (Wildman–Crippen MR) is 507 cm³/mol. The molecule has 0 fully saturated rings. The van der Waals surface area contributed by atoms with Gasteiger partial charge in [-0.1, -0.05) is 275 Å². The average molecular weight is 1830 g/mol. The number of aromatic nitrogens is 8. The number of H-pyrrole nitrogens is 3. The molecule has 8 aromatic heterocycles. The van der Waals surface area contributed by atoms with Gasteiger partial charge in [0.2, 0.25) is 0 Å². The zero-order valence-corrected chi connectivity index (χ0v) is 81.9. The zero-order chi connectivity index (χ0) is 93.8. The summed E-state index contributed by atoms with van der Waals surface area (Å²) in [5.74, 6) is 0.624. The van der Waals surface area contributed by atoms with E-state index in [4.69, 9.17) is 35.9 Å². The Balaban J connectivity index is -0.000000162. The van der Waals surface area contributed by atoms with E-state index in [1.807, 2.05) is 306 Å². The number of nitrogens with one attached hydrogen (secondary N) is 4. The van der Waals surface area contributed by atoms with Crippen molar-refractivity contribution in [3.8, 4) is 5.82 Å². The number of hydrogen-bond donors (Lipinski definition) is 5. The molecule has 0 aliphatic carbocycles. The summed E-state index contributed by atoms with van der Waals surface area (Å²) in [6.45, 7) is 50.0. The predicted octanol–water partition coefficient (Wildman–Crippen LogP) is 24.5. The molecule has 0 aliphatic heterocycles. The minimum atomic E-state index is -3.68. The largest absolute Gasteiger partial charge is 0.749 e. The molecule has 6 N–H and O–H groups in total. The fraction of sp³-hybridized carbons (Fsp3) is 0.333. The normalized spacial score (nSPS) is 9.44. The number of aryl methyl sites for hydroxylation is 3. The van der Waals surface area contributed by atoms with Gasteiger partial charge in [0.05, 0.1) is 23.4 Å². The van der Waals surface area contributed by atoms with E-state index in [1.54, 1.807) is 153 Å². The molecule has 12 rings (SSSR count). The first-order valence-electron chi connectivity index (χ1n) is 39.4. The van der Waals surface area contributed by atoms with Crippen molar-refractivity contribution in [3.05, 3.63) is 303 Å². The number of nitrogens with two attached hydrogens (primary N) is 1. The number of aromatic amines is 3. The third-order valence-electron chi connectivity index (χ3n) is 11.5. The van der Waals surface area contributed by atoms with Crippen LogP contribution in [-0.4, -0.2) is 89.5 Å². The number of halogens is 3. The monoisotopic (exact) mass is 1830 g/mol. The summed E-state index contributed by atoms with van der Waals surface area (Å²) in [5, 5.41) is 0.834. The van der Waals surface area contributed by atoms with Gasteiger partial charge in [0.1, 0.15) is 32.3 Å². The fourth-order valence-corrected chi connectivity index (χ4v) is 13.0. The van der Waals surface area contributed by atoms with Gasteiger partial charge in [-0.3, -0.25) is 14.3 Å². The van der Waals surface area contributed by atoms with Crippen molar-refractivity contribution in [2.75, 3.05) is 10.5 Å². The number of benzene rings is 4. The number of nitrogens with zero attached hydrogens (tertiary/aromatic N) is 5. The van der Waals surface area contributed by atoms with Crippen LogP contribution in [0.15, 0.2) is 311 Å². The first-order chi connectivity index (χ1) is 57.1. The Labute approximate surface area is 734 Å². The second-order valence-corrected chi connectivity index (χ2v) is 30.3. The van der Waals surface area contributed by atoms with Gasteiger partial charge < -0.3 is 34.4 Å². The van der Waals surface area contributed by atoms with Crippen LogP contribution in [0.1, 0.15) is 183 Å². The van der Waals surface area contributed by atoms with Crippen LogP contribution in [0.5, 0.6) is 0 Å². The summed E-state index contributed by atoms with van der Waals surface area (Å²) in [4.78, 5) is 16.0. The van der Waals surface area contributed by atoms with E-state index >= 15 is 0 Å². The number of rotatable bonds is 13. The van der Waals surface area contributed by atoms with Crippen LogP contribution in [0, 0.1) is 6.92 Å². The quantitative estimate of drug-likeness (QED) is 0.0407. The topological polar surface area (TPSA) is 346 Å². The lowest BCUT2D eigenvalue weighted by molar-refractivity contribution is 0.457. The Morgan fingerprint density at radius 1 is 0.403 bits per heavy atom. The molecule has 32 heteroatoms. The highest BCUT2D eigenvalue weighted by Crippen LogP contribution is 2.20. The van der Waals surface area contributed by atoms with E-state index in [-0.39, 0.29) is 36.6 Å². The number of para-hydroxylation sites is 2. The Bertz CT molecular complexity index is 4520. The number of pyridine rings is 2. The molecule has 23 nitrogen and oxygen atoms in total. The minimum Gasteiger partial charge on any atom is -0.749 e. The molecule has 1 atom stereocenters. The van der Waals surface area contributed by atoms with Crippen molar-refractivity contribution in [2.45, 2.75) is 210 Å². The lowest BCUT2D eigenvalue weighted by Gasteiger charge is -2.11. The molecule has 0 saturated carbocycles. The van der Waals surface area contributed by atoms with Gasteiger partial charge in [0, 0.05) is 108 Å². The van der Waals surface area contributed by atoms with Gasteiger partial charge in [-0.2, -0.15) is 12.2 Å². The number of anilines is 2. The van der Waals surface area contributed by atoms with Crippen molar-refractivity contribution in [2.24, 2.45) is 14.1 Å². The van der Waals surface area contributed by atoms with Gasteiger partial charge in [-0.15, -0.1) is 0 Å².